The Morgan fingerprint density at radius 3 is 2.39 bits per heavy atom. The minimum atomic E-state index is -0.571. The average molecular weight is 246 g/mol. The van der Waals surface area contributed by atoms with Crippen LogP contribution in [0.4, 0.5) is 10.1 Å². The zero-order valence-electron chi connectivity index (χ0n) is 10.6. The minimum absolute atomic E-state index is 0.0436. The van der Waals surface area contributed by atoms with E-state index in [4.69, 9.17) is 5.73 Å². The standard InChI is InChI=1S/C14H15FN2O/c1-7-8(2)13(17-9(7)3)14(18)10-4-5-12(16)11(15)6-10/h4-6,17H,16H2,1-3H3. The summed E-state index contributed by atoms with van der Waals surface area (Å²) in [6.45, 7) is 5.73. The molecule has 0 radical (unpaired) electrons. The lowest BCUT2D eigenvalue weighted by atomic mass is 10.0. The summed E-state index contributed by atoms with van der Waals surface area (Å²) in [4.78, 5) is 15.3. The predicted molar refractivity (Wildman–Crippen MR) is 69.2 cm³/mol. The van der Waals surface area contributed by atoms with Gasteiger partial charge in [0.1, 0.15) is 5.82 Å². The van der Waals surface area contributed by atoms with E-state index in [-0.39, 0.29) is 11.5 Å². The second-order valence-electron chi connectivity index (χ2n) is 4.44. The van der Waals surface area contributed by atoms with Crippen molar-refractivity contribution in [1.29, 1.82) is 0 Å². The van der Waals surface area contributed by atoms with Crippen LogP contribution in [0.2, 0.25) is 0 Å². The van der Waals surface area contributed by atoms with E-state index in [9.17, 15) is 9.18 Å². The van der Waals surface area contributed by atoms with E-state index in [1.807, 2.05) is 20.8 Å². The number of aromatic nitrogens is 1. The smallest absolute Gasteiger partial charge is 0.209 e. The van der Waals surface area contributed by atoms with E-state index < -0.39 is 5.82 Å². The zero-order valence-corrected chi connectivity index (χ0v) is 10.6. The minimum Gasteiger partial charge on any atom is -0.396 e. The van der Waals surface area contributed by atoms with E-state index in [0.29, 0.717) is 11.3 Å². The number of aromatic amines is 1. The van der Waals surface area contributed by atoms with Crippen molar-refractivity contribution in [2.24, 2.45) is 0 Å². The summed E-state index contributed by atoms with van der Waals surface area (Å²) in [5, 5.41) is 0. The van der Waals surface area contributed by atoms with Crippen molar-refractivity contribution in [3.63, 3.8) is 0 Å². The number of hydrogen-bond acceptors (Lipinski definition) is 2. The van der Waals surface area contributed by atoms with E-state index in [1.54, 1.807) is 0 Å². The lowest BCUT2D eigenvalue weighted by molar-refractivity contribution is 0.103. The molecule has 0 bridgehead atoms. The molecule has 0 aliphatic heterocycles. The Labute approximate surface area is 105 Å². The molecule has 0 spiro atoms. The van der Waals surface area contributed by atoms with Gasteiger partial charge >= 0.3 is 0 Å². The van der Waals surface area contributed by atoms with E-state index >= 15 is 0 Å². The number of aryl methyl sites for hydroxylation is 1. The van der Waals surface area contributed by atoms with Crippen molar-refractivity contribution in [1.82, 2.24) is 4.98 Å². The van der Waals surface area contributed by atoms with Crippen LogP contribution in [0.5, 0.6) is 0 Å². The van der Waals surface area contributed by atoms with Crippen LogP contribution in [0, 0.1) is 26.6 Å². The highest BCUT2D eigenvalue weighted by Gasteiger charge is 2.17. The lowest BCUT2D eigenvalue weighted by Gasteiger charge is -2.02. The van der Waals surface area contributed by atoms with Gasteiger partial charge in [-0.15, -0.1) is 0 Å². The normalized spacial score (nSPS) is 10.7. The van der Waals surface area contributed by atoms with Crippen LogP contribution in [0.15, 0.2) is 18.2 Å². The Hall–Kier alpha value is -2.10. The van der Waals surface area contributed by atoms with Crippen molar-refractivity contribution in [3.8, 4) is 0 Å². The van der Waals surface area contributed by atoms with Crippen LogP contribution in [0.25, 0.3) is 0 Å². The van der Waals surface area contributed by atoms with E-state index in [0.717, 1.165) is 16.8 Å². The largest absolute Gasteiger partial charge is 0.396 e. The number of hydrogen-bond donors (Lipinski definition) is 2. The summed E-state index contributed by atoms with van der Waals surface area (Å²) >= 11 is 0. The van der Waals surface area contributed by atoms with Crippen molar-refractivity contribution < 1.29 is 9.18 Å². The molecule has 0 unspecified atom stereocenters. The number of halogens is 1. The van der Waals surface area contributed by atoms with Crippen LogP contribution in [-0.4, -0.2) is 10.8 Å². The quantitative estimate of drug-likeness (QED) is 0.632. The maximum Gasteiger partial charge on any atom is 0.209 e. The summed E-state index contributed by atoms with van der Waals surface area (Å²) in [5.41, 5.74) is 9.14. The first kappa shape index (κ1) is 12.4. The molecule has 0 saturated heterocycles. The molecule has 3 N–H and O–H groups in total. The average Bonchev–Trinajstić information content (AvgIpc) is 2.60. The number of nitrogen functional groups attached to an aromatic ring is 1. The summed E-state index contributed by atoms with van der Waals surface area (Å²) in [7, 11) is 0. The monoisotopic (exact) mass is 246 g/mol. The van der Waals surface area contributed by atoms with Crippen molar-refractivity contribution in [2.75, 3.05) is 5.73 Å². The van der Waals surface area contributed by atoms with Gasteiger partial charge in [0.05, 0.1) is 11.4 Å². The number of rotatable bonds is 2. The number of nitrogens with one attached hydrogen (secondary N) is 1. The molecule has 94 valence electrons. The molecule has 0 fully saturated rings. The highest BCUT2D eigenvalue weighted by Crippen LogP contribution is 2.21. The third-order valence-electron chi connectivity index (χ3n) is 3.30. The second kappa shape index (κ2) is 4.29. The SMILES string of the molecule is Cc1[nH]c(C(=O)c2ccc(N)c(F)c2)c(C)c1C. The van der Waals surface area contributed by atoms with Crippen LogP contribution < -0.4 is 5.73 Å². The third-order valence-corrected chi connectivity index (χ3v) is 3.30. The van der Waals surface area contributed by atoms with Crippen LogP contribution >= 0.6 is 0 Å². The fourth-order valence-corrected chi connectivity index (χ4v) is 1.88. The van der Waals surface area contributed by atoms with Gasteiger partial charge in [0.25, 0.3) is 0 Å². The van der Waals surface area contributed by atoms with Gasteiger partial charge < -0.3 is 10.7 Å². The van der Waals surface area contributed by atoms with Gasteiger partial charge in [-0.25, -0.2) is 4.39 Å². The fourth-order valence-electron chi connectivity index (χ4n) is 1.88. The summed E-state index contributed by atoms with van der Waals surface area (Å²) in [6.07, 6.45) is 0. The van der Waals surface area contributed by atoms with E-state index in [1.165, 1.54) is 18.2 Å². The molecule has 18 heavy (non-hydrogen) atoms. The highest BCUT2D eigenvalue weighted by molar-refractivity contribution is 6.09. The maximum atomic E-state index is 13.4. The Morgan fingerprint density at radius 2 is 1.89 bits per heavy atom. The first-order chi connectivity index (χ1) is 8.41. The Balaban J connectivity index is 2.48. The molecule has 3 nitrogen and oxygen atoms in total. The molecule has 2 rings (SSSR count). The molecule has 1 aromatic heterocycles. The molecule has 2 aromatic rings. The predicted octanol–water partition coefficient (Wildman–Crippen LogP) is 2.89. The van der Waals surface area contributed by atoms with Gasteiger partial charge in [-0.2, -0.15) is 0 Å². The first-order valence-electron chi connectivity index (χ1n) is 5.67. The van der Waals surface area contributed by atoms with Gasteiger partial charge in [0, 0.05) is 11.3 Å². The summed E-state index contributed by atoms with van der Waals surface area (Å²) < 4.78 is 13.4. The molecule has 4 heteroatoms. The molecule has 1 aromatic carbocycles. The number of carbonyl (C=O) groups excluding carboxylic acids is 1. The number of nitrogens with two attached hydrogens (primary N) is 1. The molecule has 0 atom stereocenters. The third kappa shape index (κ3) is 1.90. The molecule has 1 heterocycles. The first-order valence-corrected chi connectivity index (χ1v) is 5.67. The number of anilines is 1. The molecular weight excluding hydrogens is 231 g/mol. The molecule has 0 saturated carbocycles. The van der Waals surface area contributed by atoms with Gasteiger partial charge in [-0.05, 0) is 50.1 Å². The van der Waals surface area contributed by atoms with Crippen molar-refractivity contribution in [2.45, 2.75) is 20.8 Å². The lowest BCUT2D eigenvalue weighted by Crippen LogP contribution is -2.05. The number of ketones is 1. The molecular formula is C14H15FN2O. The van der Waals surface area contributed by atoms with Crippen molar-refractivity contribution in [3.05, 3.63) is 52.1 Å². The summed E-state index contributed by atoms with van der Waals surface area (Å²) in [5.74, 6) is -0.791. The van der Waals surface area contributed by atoms with Crippen molar-refractivity contribution >= 4 is 11.5 Å². The van der Waals surface area contributed by atoms with Crippen LogP contribution in [0.3, 0.4) is 0 Å². The fraction of sp³-hybridized carbons (Fsp3) is 0.214. The van der Waals surface area contributed by atoms with Gasteiger partial charge in [-0.3, -0.25) is 4.79 Å². The second-order valence-corrected chi connectivity index (χ2v) is 4.44. The Kier molecular flexibility index (Phi) is 2.95. The van der Waals surface area contributed by atoms with Crippen LogP contribution in [0.1, 0.15) is 32.9 Å². The zero-order chi connectivity index (χ0) is 13.4. The summed E-state index contributed by atoms with van der Waals surface area (Å²) in [6, 6.07) is 4.11. The number of carbonyl (C=O) groups is 1. The number of benzene rings is 1. The topological polar surface area (TPSA) is 58.9 Å². The molecule has 0 amide bonds. The maximum absolute atomic E-state index is 13.4. The Bertz CT molecular complexity index is 629. The molecule has 0 aliphatic rings. The van der Waals surface area contributed by atoms with Gasteiger partial charge in [0.2, 0.25) is 5.78 Å². The van der Waals surface area contributed by atoms with Gasteiger partial charge in [-0.1, -0.05) is 0 Å². The van der Waals surface area contributed by atoms with Crippen LogP contribution in [-0.2, 0) is 0 Å². The van der Waals surface area contributed by atoms with E-state index in [2.05, 4.69) is 4.98 Å². The van der Waals surface area contributed by atoms with Gasteiger partial charge in [0.15, 0.2) is 0 Å². The highest BCUT2D eigenvalue weighted by atomic mass is 19.1. The number of H-pyrrole nitrogens is 1. The Morgan fingerprint density at radius 1 is 1.22 bits per heavy atom. The molecule has 0 aliphatic carbocycles.